The highest BCUT2D eigenvalue weighted by Gasteiger charge is 2.18. The summed E-state index contributed by atoms with van der Waals surface area (Å²) in [6, 6.07) is 7.47. The molecule has 0 unspecified atom stereocenters. The molecule has 4 aromatic rings. The van der Waals surface area contributed by atoms with Crippen LogP contribution in [0, 0.1) is 25.5 Å². The molecule has 0 bridgehead atoms. The van der Waals surface area contributed by atoms with Gasteiger partial charge < -0.3 is 15.4 Å². The first-order valence-corrected chi connectivity index (χ1v) is 12.1. The fourth-order valence-electron chi connectivity index (χ4n) is 4.37. The molecule has 5 rings (SSSR count). The van der Waals surface area contributed by atoms with E-state index in [1.54, 1.807) is 4.52 Å². The van der Waals surface area contributed by atoms with Gasteiger partial charge in [-0.05, 0) is 25.5 Å². The van der Waals surface area contributed by atoms with Gasteiger partial charge in [0.15, 0.2) is 11.5 Å². The molecule has 0 radical (unpaired) electrons. The van der Waals surface area contributed by atoms with Gasteiger partial charge in [-0.3, -0.25) is 10.00 Å². The third-order valence-electron chi connectivity index (χ3n) is 6.32. The summed E-state index contributed by atoms with van der Waals surface area (Å²) in [6.45, 7) is 9.57. The van der Waals surface area contributed by atoms with E-state index in [0.717, 1.165) is 68.1 Å². The Labute approximate surface area is 207 Å². The van der Waals surface area contributed by atoms with Crippen molar-refractivity contribution in [1.82, 2.24) is 35.0 Å². The zero-order valence-corrected chi connectivity index (χ0v) is 20.4. The van der Waals surface area contributed by atoms with E-state index < -0.39 is 11.6 Å². The van der Waals surface area contributed by atoms with Crippen molar-refractivity contribution in [2.45, 2.75) is 26.8 Å². The Morgan fingerprint density at radius 3 is 2.67 bits per heavy atom. The first kappa shape index (κ1) is 24.3. The van der Waals surface area contributed by atoms with Crippen LogP contribution in [0.1, 0.15) is 28.2 Å². The molecule has 0 amide bonds. The number of morpholine rings is 1. The lowest BCUT2D eigenvalue weighted by atomic mass is 10.0. The summed E-state index contributed by atoms with van der Waals surface area (Å²) >= 11 is 0. The van der Waals surface area contributed by atoms with Crippen LogP contribution in [0.15, 0.2) is 30.3 Å². The van der Waals surface area contributed by atoms with Crippen molar-refractivity contribution in [3.8, 4) is 0 Å². The van der Waals surface area contributed by atoms with Crippen molar-refractivity contribution >= 4 is 17.3 Å². The maximum absolute atomic E-state index is 14.4. The van der Waals surface area contributed by atoms with Crippen molar-refractivity contribution in [3.63, 3.8) is 0 Å². The molecule has 3 N–H and O–H groups in total. The molecule has 1 fully saturated rings. The topological polar surface area (TPSA) is 95.4 Å². The van der Waals surface area contributed by atoms with Crippen LogP contribution >= 0.6 is 0 Å². The normalized spacial score (nSPS) is 14.6. The minimum absolute atomic E-state index is 0.253. The average molecular weight is 497 g/mol. The number of halogens is 2. The maximum Gasteiger partial charge on any atom is 0.161 e. The van der Waals surface area contributed by atoms with Gasteiger partial charge in [0.2, 0.25) is 0 Å². The Kier molecular flexibility index (Phi) is 7.21. The summed E-state index contributed by atoms with van der Waals surface area (Å²) in [5.74, 6) is 0.0786. The highest BCUT2D eigenvalue weighted by Crippen LogP contribution is 2.24. The van der Waals surface area contributed by atoms with Gasteiger partial charge in [-0.15, -0.1) is 0 Å². The molecule has 1 saturated heterocycles. The largest absolute Gasteiger partial charge is 0.379 e. The smallest absolute Gasteiger partial charge is 0.161 e. The van der Waals surface area contributed by atoms with Gasteiger partial charge in [-0.25, -0.2) is 18.3 Å². The first-order chi connectivity index (χ1) is 17.5. The number of benzene rings is 1. The molecule has 0 spiro atoms. The van der Waals surface area contributed by atoms with Gasteiger partial charge >= 0.3 is 0 Å². The minimum Gasteiger partial charge on any atom is -0.379 e. The Hall–Kier alpha value is -3.41. The molecule has 0 atom stereocenters. The van der Waals surface area contributed by atoms with Crippen LogP contribution in [0.5, 0.6) is 0 Å². The third-order valence-corrected chi connectivity index (χ3v) is 6.32. The number of H-pyrrole nitrogens is 1. The van der Waals surface area contributed by atoms with Gasteiger partial charge in [0, 0.05) is 68.6 Å². The van der Waals surface area contributed by atoms with Crippen LogP contribution in [0.4, 0.5) is 20.4 Å². The zero-order chi connectivity index (χ0) is 25.1. The molecular weight excluding hydrogens is 466 g/mol. The number of hydrogen-bond donors (Lipinski definition) is 3. The molecule has 1 aliphatic rings. The molecule has 1 aromatic carbocycles. The predicted molar refractivity (Wildman–Crippen MR) is 132 cm³/mol. The quantitative estimate of drug-likeness (QED) is 0.307. The molecule has 0 saturated carbocycles. The SMILES string of the molecule is Cc1cc(Nc2cc(CNCCN3CCOCC3)n3nc(C)c(Cc4ccc(F)cc4F)c3n2)n[nH]1. The number of hydrogen-bond acceptors (Lipinski definition) is 7. The number of nitrogens with zero attached hydrogens (tertiary/aromatic N) is 5. The zero-order valence-electron chi connectivity index (χ0n) is 20.4. The van der Waals surface area contributed by atoms with E-state index in [0.29, 0.717) is 29.4 Å². The second-order valence-corrected chi connectivity index (χ2v) is 9.04. The van der Waals surface area contributed by atoms with Crippen molar-refractivity contribution in [3.05, 3.63) is 70.2 Å². The van der Waals surface area contributed by atoms with E-state index in [1.807, 2.05) is 26.0 Å². The van der Waals surface area contributed by atoms with Crippen molar-refractivity contribution in [2.75, 3.05) is 44.7 Å². The maximum atomic E-state index is 14.4. The summed E-state index contributed by atoms with van der Waals surface area (Å²) in [4.78, 5) is 7.17. The van der Waals surface area contributed by atoms with Crippen LogP contribution in [0.25, 0.3) is 5.65 Å². The fourth-order valence-corrected chi connectivity index (χ4v) is 4.37. The predicted octanol–water partition coefficient (Wildman–Crippen LogP) is 3.10. The monoisotopic (exact) mass is 496 g/mol. The van der Waals surface area contributed by atoms with E-state index in [-0.39, 0.29) is 6.42 Å². The second-order valence-electron chi connectivity index (χ2n) is 9.04. The highest BCUT2D eigenvalue weighted by molar-refractivity contribution is 5.60. The van der Waals surface area contributed by atoms with Gasteiger partial charge in [-0.2, -0.15) is 10.2 Å². The van der Waals surface area contributed by atoms with Crippen LogP contribution in [0.2, 0.25) is 0 Å². The number of aryl methyl sites for hydroxylation is 2. The van der Waals surface area contributed by atoms with Gasteiger partial charge in [0.1, 0.15) is 17.5 Å². The standard InChI is InChI=1S/C25H30F2N8O/c1-16-11-24(32-31-16)29-23-14-20(15-28-5-6-34-7-9-36-10-8-34)35-25(30-23)21(17(2)33-35)12-18-3-4-19(26)13-22(18)27/h3-4,11,13-14,28H,5-10,12,15H2,1-2H3,(H2,29,30,31,32). The molecule has 190 valence electrons. The third kappa shape index (κ3) is 5.53. The molecule has 3 aromatic heterocycles. The minimum atomic E-state index is -0.600. The van der Waals surface area contributed by atoms with Crippen molar-refractivity contribution in [2.24, 2.45) is 0 Å². The lowest BCUT2D eigenvalue weighted by Gasteiger charge is -2.26. The summed E-state index contributed by atoms with van der Waals surface area (Å²) in [5, 5.41) is 18.6. The Bertz CT molecular complexity index is 1350. The number of ether oxygens (including phenoxy) is 1. The summed E-state index contributed by atoms with van der Waals surface area (Å²) in [6.07, 6.45) is 0.253. The van der Waals surface area contributed by atoms with Gasteiger partial charge in [-0.1, -0.05) is 6.07 Å². The van der Waals surface area contributed by atoms with E-state index in [1.165, 1.54) is 12.1 Å². The second kappa shape index (κ2) is 10.7. The molecule has 9 nitrogen and oxygen atoms in total. The molecule has 36 heavy (non-hydrogen) atoms. The van der Waals surface area contributed by atoms with E-state index >= 15 is 0 Å². The Balaban J connectivity index is 1.43. The number of rotatable bonds is 9. The Morgan fingerprint density at radius 1 is 1.08 bits per heavy atom. The van der Waals surface area contributed by atoms with E-state index in [9.17, 15) is 8.78 Å². The van der Waals surface area contributed by atoms with Crippen LogP contribution in [0.3, 0.4) is 0 Å². The summed E-state index contributed by atoms with van der Waals surface area (Å²) in [7, 11) is 0. The lowest BCUT2D eigenvalue weighted by molar-refractivity contribution is 0.0384. The first-order valence-electron chi connectivity index (χ1n) is 12.1. The summed E-state index contributed by atoms with van der Waals surface area (Å²) in [5.41, 5.74) is 4.38. The number of fused-ring (bicyclic) bond motifs is 1. The number of aromatic nitrogens is 5. The molecule has 1 aliphatic heterocycles. The van der Waals surface area contributed by atoms with E-state index in [4.69, 9.17) is 14.8 Å². The van der Waals surface area contributed by atoms with Gasteiger partial charge in [0.25, 0.3) is 0 Å². The average Bonchev–Trinajstić information content (AvgIpc) is 3.41. The highest BCUT2D eigenvalue weighted by atomic mass is 19.1. The molecular formula is C25H30F2N8O. The fraction of sp³-hybridized carbons (Fsp3) is 0.400. The Morgan fingerprint density at radius 2 is 1.92 bits per heavy atom. The molecule has 11 heteroatoms. The number of anilines is 2. The van der Waals surface area contributed by atoms with Crippen molar-refractivity contribution in [1.29, 1.82) is 0 Å². The van der Waals surface area contributed by atoms with Crippen molar-refractivity contribution < 1.29 is 13.5 Å². The lowest BCUT2D eigenvalue weighted by Crippen LogP contribution is -2.40. The van der Waals surface area contributed by atoms with E-state index in [2.05, 4.69) is 25.7 Å². The number of nitrogens with one attached hydrogen (secondary N) is 3. The number of aromatic amines is 1. The summed E-state index contributed by atoms with van der Waals surface area (Å²) < 4.78 is 35.1. The van der Waals surface area contributed by atoms with Crippen LogP contribution < -0.4 is 10.6 Å². The van der Waals surface area contributed by atoms with Crippen LogP contribution in [-0.2, 0) is 17.7 Å². The molecule has 4 heterocycles. The van der Waals surface area contributed by atoms with Crippen LogP contribution in [-0.4, -0.2) is 69.1 Å². The van der Waals surface area contributed by atoms with Gasteiger partial charge in [0.05, 0.1) is 24.6 Å². The molecule has 0 aliphatic carbocycles.